The Morgan fingerprint density at radius 1 is 1.06 bits per heavy atom. The second kappa shape index (κ2) is 4.43. The fraction of sp³-hybridized carbons (Fsp3) is 0. The summed E-state index contributed by atoms with van der Waals surface area (Å²) in [6, 6.07) is 10.9. The summed E-state index contributed by atoms with van der Waals surface area (Å²) in [4.78, 5) is 10.0. The van der Waals surface area contributed by atoms with Crippen molar-refractivity contribution in [1.82, 2.24) is 0 Å². The molecule has 0 saturated carbocycles. The van der Waals surface area contributed by atoms with Gasteiger partial charge in [-0.25, -0.2) is 0 Å². The lowest BCUT2D eigenvalue weighted by Gasteiger charge is -2.03. The van der Waals surface area contributed by atoms with Gasteiger partial charge in [-0.15, -0.1) is 0 Å². The molecule has 2 aromatic rings. The molecule has 5 heteroatoms. The van der Waals surface area contributed by atoms with Crippen LogP contribution in [-0.4, -0.2) is 10.0 Å². The molecule has 0 aliphatic carbocycles. The van der Waals surface area contributed by atoms with E-state index >= 15 is 0 Å². The molecule has 0 heterocycles. The Balaban J connectivity index is 2.39. The van der Waals surface area contributed by atoms with Crippen molar-refractivity contribution in [1.29, 1.82) is 0 Å². The number of non-ortho nitro benzene ring substituents is 1. The van der Waals surface area contributed by atoms with E-state index in [1.54, 1.807) is 24.3 Å². The lowest BCUT2D eigenvalue weighted by molar-refractivity contribution is -0.384. The van der Waals surface area contributed by atoms with Gasteiger partial charge in [-0.05, 0) is 35.4 Å². The van der Waals surface area contributed by atoms with Crippen molar-refractivity contribution in [3.05, 3.63) is 57.6 Å². The highest BCUT2D eigenvalue weighted by Crippen LogP contribution is 2.30. The van der Waals surface area contributed by atoms with Gasteiger partial charge in [0.05, 0.1) is 9.95 Å². The van der Waals surface area contributed by atoms with Crippen LogP contribution in [0.15, 0.2) is 42.5 Å². The molecule has 0 unspecified atom stereocenters. The van der Waals surface area contributed by atoms with E-state index in [2.05, 4.69) is 0 Å². The number of nitro groups is 1. The van der Waals surface area contributed by atoms with Crippen LogP contribution in [0.25, 0.3) is 11.1 Å². The summed E-state index contributed by atoms with van der Waals surface area (Å²) >= 11 is 5.79. The third-order valence-electron chi connectivity index (χ3n) is 2.36. The van der Waals surface area contributed by atoms with Crippen molar-refractivity contribution in [3.63, 3.8) is 0 Å². The summed E-state index contributed by atoms with van der Waals surface area (Å²) in [5, 5.41) is 20.0. The Morgan fingerprint density at radius 3 is 2.18 bits per heavy atom. The first-order valence-electron chi connectivity index (χ1n) is 4.81. The summed E-state index contributed by atoms with van der Waals surface area (Å²) < 4.78 is 0. The molecule has 0 atom stereocenters. The third kappa shape index (κ3) is 2.37. The predicted octanol–water partition coefficient (Wildman–Crippen LogP) is 3.62. The Kier molecular flexibility index (Phi) is 2.97. The molecule has 0 bridgehead atoms. The van der Waals surface area contributed by atoms with Crippen molar-refractivity contribution in [3.8, 4) is 16.9 Å². The van der Waals surface area contributed by atoms with Crippen molar-refractivity contribution in [2.24, 2.45) is 0 Å². The molecule has 0 aliphatic heterocycles. The molecule has 0 spiro atoms. The Labute approximate surface area is 102 Å². The van der Waals surface area contributed by atoms with Crippen LogP contribution in [0.4, 0.5) is 5.69 Å². The molecular formula is C12H8ClNO3. The van der Waals surface area contributed by atoms with Gasteiger partial charge in [-0.3, -0.25) is 10.1 Å². The molecule has 0 radical (unpaired) electrons. The Bertz CT molecular complexity index is 566. The topological polar surface area (TPSA) is 63.4 Å². The largest absolute Gasteiger partial charge is 0.506 e. The normalized spacial score (nSPS) is 10.2. The molecule has 1 N–H and O–H groups in total. The van der Waals surface area contributed by atoms with Crippen LogP contribution < -0.4 is 0 Å². The molecule has 2 aromatic carbocycles. The molecule has 0 amide bonds. The predicted molar refractivity (Wildman–Crippen MR) is 65.2 cm³/mol. The van der Waals surface area contributed by atoms with E-state index in [4.69, 9.17) is 11.6 Å². The summed E-state index contributed by atoms with van der Waals surface area (Å²) in [5.74, 6) is 0.0114. The maximum atomic E-state index is 10.5. The number of phenolic OH excluding ortho intramolecular Hbond substituents is 1. The van der Waals surface area contributed by atoms with Crippen LogP contribution in [-0.2, 0) is 0 Å². The van der Waals surface area contributed by atoms with E-state index in [0.717, 1.165) is 11.1 Å². The minimum atomic E-state index is -0.451. The lowest BCUT2D eigenvalue weighted by atomic mass is 10.1. The van der Waals surface area contributed by atoms with Gasteiger partial charge in [0, 0.05) is 12.1 Å². The number of benzene rings is 2. The number of rotatable bonds is 2. The molecule has 0 aromatic heterocycles. The van der Waals surface area contributed by atoms with Crippen LogP contribution >= 0.6 is 11.6 Å². The van der Waals surface area contributed by atoms with Gasteiger partial charge in [-0.2, -0.15) is 0 Å². The molecule has 0 fully saturated rings. The quantitative estimate of drug-likeness (QED) is 0.653. The first-order valence-corrected chi connectivity index (χ1v) is 5.19. The van der Waals surface area contributed by atoms with E-state index in [0.29, 0.717) is 0 Å². The van der Waals surface area contributed by atoms with Crippen LogP contribution in [0.3, 0.4) is 0 Å². The molecule has 2 rings (SSSR count). The van der Waals surface area contributed by atoms with E-state index in [1.165, 1.54) is 18.2 Å². The zero-order valence-corrected chi connectivity index (χ0v) is 9.39. The zero-order valence-electron chi connectivity index (χ0n) is 8.63. The maximum absolute atomic E-state index is 10.5. The fourth-order valence-electron chi connectivity index (χ4n) is 1.46. The van der Waals surface area contributed by atoms with Crippen molar-refractivity contribution in [2.45, 2.75) is 0 Å². The zero-order chi connectivity index (χ0) is 12.4. The minimum absolute atomic E-state index is 0.0114. The highest BCUT2D eigenvalue weighted by Gasteiger charge is 2.06. The molecule has 17 heavy (non-hydrogen) atoms. The van der Waals surface area contributed by atoms with Gasteiger partial charge < -0.3 is 5.11 Å². The standard InChI is InChI=1S/C12H8ClNO3/c13-11-7-9(3-6-12(11)15)8-1-4-10(5-2-8)14(16)17/h1-7,15H. The van der Waals surface area contributed by atoms with Gasteiger partial charge in [-0.1, -0.05) is 17.7 Å². The van der Waals surface area contributed by atoms with Crippen LogP contribution in [0.1, 0.15) is 0 Å². The fourth-order valence-corrected chi connectivity index (χ4v) is 1.64. The van der Waals surface area contributed by atoms with Gasteiger partial charge in [0.2, 0.25) is 0 Å². The molecule has 0 aliphatic rings. The van der Waals surface area contributed by atoms with Crippen molar-refractivity contribution >= 4 is 17.3 Å². The number of hydrogen-bond donors (Lipinski definition) is 1. The first-order chi connectivity index (χ1) is 8.08. The number of nitro benzene ring substituents is 1. The van der Waals surface area contributed by atoms with Crippen LogP contribution in [0, 0.1) is 10.1 Å². The number of aromatic hydroxyl groups is 1. The first kappa shape index (κ1) is 11.4. The molecular weight excluding hydrogens is 242 g/mol. The highest BCUT2D eigenvalue weighted by molar-refractivity contribution is 6.32. The molecule has 86 valence electrons. The molecule has 0 saturated heterocycles. The highest BCUT2D eigenvalue weighted by atomic mass is 35.5. The molecule has 4 nitrogen and oxygen atoms in total. The van der Waals surface area contributed by atoms with E-state index < -0.39 is 4.92 Å². The van der Waals surface area contributed by atoms with Crippen molar-refractivity contribution in [2.75, 3.05) is 0 Å². The van der Waals surface area contributed by atoms with Gasteiger partial charge >= 0.3 is 0 Å². The third-order valence-corrected chi connectivity index (χ3v) is 2.66. The van der Waals surface area contributed by atoms with Gasteiger partial charge in [0.15, 0.2) is 0 Å². The Morgan fingerprint density at radius 2 is 1.65 bits per heavy atom. The monoisotopic (exact) mass is 249 g/mol. The summed E-state index contributed by atoms with van der Waals surface area (Å²) in [5.41, 5.74) is 1.64. The summed E-state index contributed by atoms with van der Waals surface area (Å²) in [6.07, 6.45) is 0. The maximum Gasteiger partial charge on any atom is 0.269 e. The summed E-state index contributed by atoms with van der Waals surface area (Å²) in [7, 11) is 0. The van der Waals surface area contributed by atoms with Gasteiger partial charge in [0.25, 0.3) is 5.69 Å². The van der Waals surface area contributed by atoms with Crippen molar-refractivity contribution < 1.29 is 10.0 Å². The average Bonchev–Trinajstić information content (AvgIpc) is 2.33. The number of phenols is 1. The number of nitrogens with zero attached hydrogens (tertiary/aromatic N) is 1. The van der Waals surface area contributed by atoms with Crippen LogP contribution in [0.5, 0.6) is 5.75 Å². The SMILES string of the molecule is O=[N+]([O-])c1ccc(-c2ccc(O)c(Cl)c2)cc1. The second-order valence-corrected chi connectivity index (χ2v) is 3.88. The Hall–Kier alpha value is -2.07. The van der Waals surface area contributed by atoms with Gasteiger partial charge in [0.1, 0.15) is 5.75 Å². The average molecular weight is 250 g/mol. The van der Waals surface area contributed by atoms with Crippen LogP contribution in [0.2, 0.25) is 5.02 Å². The number of hydrogen-bond acceptors (Lipinski definition) is 3. The smallest absolute Gasteiger partial charge is 0.269 e. The lowest BCUT2D eigenvalue weighted by Crippen LogP contribution is -1.87. The summed E-state index contributed by atoms with van der Waals surface area (Å²) in [6.45, 7) is 0. The van der Waals surface area contributed by atoms with E-state index in [1.807, 2.05) is 0 Å². The minimum Gasteiger partial charge on any atom is -0.506 e. The second-order valence-electron chi connectivity index (χ2n) is 3.47. The van der Waals surface area contributed by atoms with E-state index in [-0.39, 0.29) is 16.5 Å². The van der Waals surface area contributed by atoms with E-state index in [9.17, 15) is 15.2 Å². The number of halogens is 1.